The van der Waals surface area contributed by atoms with E-state index in [-0.39, 0.29) is 40.1 Å². The zero-order valence-corrected chi connectivity index (χ0v) is 26.5. The fraction of sp³-hybridized carbons (Fsp3) is 0.967. The number of nitrogens with zero attached hydrogens (tertiary/aromatic N) is 1. The predicted molar refractivity (Wildman–Crippen MR) is 150 cm³/mol. The molecule has 4 rings (SSSR count). The molecule has 0 aliphatic heterocycles. The molecule has 11 atom stereocenters. The van der Waals surface area contributed by atoms with Crippen LogP contribution in [-0.4, -0.2) is 70.6 Å². The minimum Gasteiger partial charge on any atom is -0.444 e. The monoisotopic (exact) mass is 625 g/mol. The average Bonchev–Trinajstić information content (AvgIpc) is 3.25. The van der Waals surface area contributed by atoms with Gasteiger partial charge in [0.05, 0.1) is 12.2 Å². The zero-order chi connectivity index (χ0) is 31.6. The van der Waals surface area contributed by atoms with Gasteiger partial charge in [-0.25, -0.2) is 9.29 Å². The first-order valence-electron chi connectivity index (χ1n) is 15.5. The Morgan fingerprint density at radius 2 is 1.71 bits per heavy atom. The van der Waals surface area contributed by atoms with Gasteiger partial charge in [-0.3, -0.25) is 9.35 Å². The molecule has 0 aromatic rings. The molecule has 0 saturated heterocycles. The largest absolute Gasteiger partial charge is 0.444 e. The van der Waals surface area contributed by atoms with Crippen LogP contribution in [-0.2, 0) is 19.6 Å². The smallest absolute Gasteiger partial charge is 0.413 e. The number of alkyl halides is 3. The summed E-state index contributed by atoms with van der Waals surface area (Å²) in [6.07, 6.45) is 3.89. The molecule has 12 heteroatoms. The van der Waals surface area contributed by atoms with E-state index in [9.17, 15) is 36.6 Å². The summed E-state index contributed by atoms with van der Waals surface area (Å²) < 4.78 is 78.2. The van der Waals surface area contributed by atoms with E-state index in [1.165, 1.54) is 13.8 Å². The van der Waals surface area contributed by atoms with Crippen LogP contribution >= 0.6 is 0 Å². The number of aliphatic hydroxyl groups excluding tert-OH is 2. The molecule has 4 fully saturated rings. The Hall–Kier alpha value is -0.950. The Labute approximate surface area is 248 Å². The highest BCUT2D eigenvalue weighted by molar-refractivity contribution is 7.86. The molecule has 4 aliphatic rings. The van der Waals surface area contributed by atoms with Crippen LogP contribution in [0.4, 0.5) is 13.2 Å². The van der Waals surface area contributed by atoms with E-state index >= 15 is 0 Å². The van der Waals surface area contributed by atoms with Gasteiger partial charge in [0.2, 0.25) is 6.30 Å². The Balaban J connectivity index is 1.38. The van der Waals surface area contributed by atoms with Crippen molar-refractivity contribution in [3.63, 3.8) is 0 Å². The molecule has 0 radical (unpaired) electrons. The van der Waals surface area contributed by atoms with E-state index in [0.717, 1.165) is 58.4 Å². The van der Waals surface area contributed by atoms with E-state index < -0.39 is 39.5 Å². The lowest BCUT2D eigenvalue weighted by molar-refractivity contribution is -0.203. The van der Waals surface area contributed by atoms with Crippen molar-refractivity contribution in [3.05, 3.63) is 0 Å². The summed E-state index contributed by atoms with van der Waals surface area (Å²) in [4.78, 5) is 13.0. The van der Waals surface area contributed by atoms with Gasteiger partial charge in [-0.2, -0.15) is 17.2 Å². The maximum atomic E-state index is 14.4. The fourth-order valence-corrected chi connectivity index (χ4v) is 10.1. The highest BCUT2D eigenvalue weighted by Crippen LogP contribution is 2.68. The molecular weight excluding hydrogens is 575 g/mol. The molecule has 3 N–H and O–H groups in total. The van der Waals surface area contributed by atoms with Crippen molar-refractivity contribution in [3.8, 4) is 0 Å². The van der Waals surface area contributed by atoms with Gasteiger partial charge in [0.15, 0.2) is 5.72 Å². The van der Waals surface area contributed by atoms with Gasteiger partial charge >= 0.3 is 21.3 Å². The standard InChI is InChI=1S/C30H50F3NO7S/c1-17(7-12-25(37)41-27(2,3)34(6)26(31)30(32,33)42(38,39)40)21-10-11-22-20-9-8-18-15-19(35)13-14-28(18,4)23(20)16-24(36)29(21,22)5/h17-24,26,35-36H,7-16H2,1-6H3,(H,38,39,40)/t17-,18-,19-,20+,21-,22+,23+,24+,26?,28+,29-/m1/s1. The van der Waals surface area contributed by atoms with Gasteiger partial charge < -0.3 is 14.9 Å². The highest BCUT2D eigenvalue weighted by atomic mass is 32.2. The van der Waals surface area contributed by atoms with Crippen LogP contribution in [0.3, 0.4) is 0 Å². The van der Waals surface area contributed by atoms with Crippen molar-refractivity contribution < 1.29 is 45.9 Å². The molecule has 0 heterocycles. The number of esters is 1. The third-order valence-electron chi connectivity index (χ3n) is 12.5. The maximum absolute atomic E-state index is 14.4. The lowest BCUT2D eigenvalue weighted by Crippen LogP contribution is -2.58. The second kappa shape index (κ2) is 11.4. The Morgan fingerprint density at radius 1 is 1.07 bits per heavy atom. The number of hydrogen-bond acceptors (Lipinski definition) is 7. The van der Waals surface area contributed by atoms with Crippen LogP contribution in [0, 0.1) is 46.3 Å². The average molecular weight is 626 g/mol. The van der Waals surface area contributed by atoms with Crippen LogP contribution in [0.1, 0.15) is 98.8 Å². The molecule has 42 heavy (non-hydrogen) atoms. The number of ether oxygens (including phenoxy) is 1. The van der Waals surface area contributed by atoms with Gasteiger partial charge in [0, 0.05) is 6.42 Å². The van der Waals surface area contributed by atoms with Gasteiger partial charge in [-0.1, -0.05) is 20.8 Å². The second-order valence-corrected chi connectivity index (χ2v) is 16.3. The quantitative estimate of drug-likeness (QED) is 0.135. The summed E-state index contributed by atoms with van der Waals surface area (Å²) in [5.74, 6) is 1.36. The SMILES string of the molecule is C[C@H](CCC(=O)OC(C)(C)N(C)C(F)C(F)(F)S(=O)(=O)O)[C@H]1CC[C@H]2[C@@H]3CC[C@@H]4C[C@H](O)CC[C@]4(C)[C@H]3C[C@H](O)[C@]12C. The van der Waals surface area contributed by atoms with E-state index in [2.05, 4.69) is 20.8 Å². The summed E-state index contributed by atoms with van der Waals surface area (Å²) in [5.41, 5.74) is -2.07. The van der Waals surface area contributed by atoms with Crippen molar-refractivity contribution in [2.75, 3.05) is 7.05 Å². The summed E-state index contributed by atoms with van der Waals surface area (Å²) in [6.45, 7) is 8.98. The second-order valence-electron chi connectivity index (χ2n) is 14.8. The summed E-state index contributed by atoms with van der Waals surface area (Å²) in [5, 5.41) is 16.9. The molecule has 0 bridgehead atoms. The van der Waals surface area contributed by atoms with E-state index in [4.69, 9.17) is 9.29 Å². The molecule has 4 aliphatic carbocycles. The molecule has 0 spiro atoms. The Bertz CT molecular complexity index is 1120. The maximum Gasteiger partial charge on any atom is 0.413 e. The van der Waals surface area contributed by atoms with Crippen LogP contribution < -0.4 is 0 Å². The van der Waals surface area contributed by atoms with Crippen molar-refractivity contribution in [2.45, 2.75) is 128 Å². The number of carbonyl (C=O) groups is 1. The summed E-state index contributed by atoms with van der Waals surface area (Å²) in [7, 11) is -5.18. The number of carbonyl (C=O) groups excluding carboxylic acids is 1. The van der Waals surface area contributed by atoms with Crippen molar-refractivity contribution in [2.24, 2.45) is 46.3 Å². The molecule has 0 aromatic carbocycles. The number of fused-ring (bicyclic) bond motifs is 5. The van der Waals surface area contributed by atoms with Gasteiger partial charge in [-0.15, -0.1) is 0 Å². The minimum atomic E-state index is -6.03. The summed E-state index contributed by atoms with van der Waals surface area (Å²) >= 11 is 0. The highest BCUT2D eigenvalue weighted by Gasteiger charge is 2.64. The number of halogens is 3. The molecule has 4 saturated carbocycles. The zero-order valence-electron chi connectivity index (χ0n) is 25.7. The first-order chi connectivity index (χ1) is 19.2. The molecule has 1 unspecified atom stereocenters. The van der Waals surface area contributed by atoms with Crippen molar-refractivity contribution in [1.29, 1.82) is 0 Å². The lowest BCUT2D eigenvalue weighted by Gasteiger charge is -2.62. The van der Waals surface area contributed by atoms with E-state index in [1.54, 1.807) is 0 Å². The fourth-order valence-electron chi connectivity index (χ4n) is 9.73. The van der Waals surface area contributed by atoms with Crippen LogP contribution in [0.5, 0.6) is 0 Å². The van der Waals surface area contributed by atoms with Crippen LogP contribution in [0.25, 0.3) is 0 Å². The Kier molecular flexibility index (Phi) is 9.25. The van der Waals surface area contributed by atoms with Crippen molar-refractivity contribution in [1.82, 2.24) is 4.90 Å². The van der Waals surface area contributed by atoms with Gasteiger partial charge in [0.1, 0.15) is 0 Å². The first kappa shape index (κ1) is 33.9. The number of hydrogen-bond donors (Lipinski definition) is 3. The topological polar surface area (TPSA) is 124 Å². The minimum absolute atomic E-state index is 0.0500. The number of rotatable bonds is 9. The third kappa shape index (κ3) is 5.65. The lowest BCUT2D eigenvalue weighted by atomic mass is 9.43. The third-order valence-corrected chi connectivity index (χ3v) is 13.4. The van der Waals surface area contributed by atoms with E-state index in [1.807, 2.05) is 0 Å². The molecule has 244 valence electrons. The normalized spacial score (nSPS) is 40.5. The van der Waals surface area contributed by atoms with Gasteiger partial charge in [-0.05, 0) is 125 Å². The van der Waals surface area contributed by atoms with Crippen LogP contribution in [0.2, 0.25) is 0 Å². The van der Waals surface area contributed by atoms with Crippen LogP contribution in [0.15, 0.2) is 0 Å². The van der Waals surface area contributed by atoms with Gasteiger partial charge in [0.25, 0.3) is 0 Å². The first-order valence-corrected chi connectivity index (χ1v) is 16.9. The molecular formula is C30H50F3NO7S. The predicted octanol–water partition coefficient (Wildman–Crippen LogP) is 5.38. The van der Waals surface area contributed by atoms with Crippen molar-refractivity contribution >= 4 is 16.1 Å². The Morgan fingerprint density at radius 3 is 2.33 bits per heavy atom. The molecule has 0 aromatic heterocycles. The molecule has 0 amide bonds. The number of aliphatic hydroxyl groups is 2. The molecule has 8 nitrogen and oxygen atoms in total. The summed E-state index contributed by atoms with van der Waals surface area (Å²) in [6, 6.07) is 0. The van der Waals surface area contributed by atoms with E-state index in [0.29, 0.717) is 30.1 Å².